The van der Waals surface area contributed by atoms with Gasteiger partial charge in [0, 0.05) is 19.6 Å². The topological polar surface area (TPSA) is 38.8 Å². The Morgan fingerprint density at radius 3 is 2.38 bits per heavy atom. The summed E-state index contributed by atoms with van der Waals surface area (Å²) in [5.41, 5.74) is 1.73. The van der Waals surface area contributed by atoms with Crippen LogP contribution in [0, 0.1) is 17.3 Å². The van der Waals surface area contributed by atoms with Gasteiger partial charge in [0.05, 0.1) is 18.6 Å². The summed E-state index contributed by atoms with van der Waals surface area (Å²) in [7, 11) is 0. The highest BCUT2D eigenvalue weighted by molar-refractivity contribution is 5.84. The average molecular weight is 438 g/mol. The third kappa shape index (κ3) is 5.28. The summed E-state index contributed by atoms with van der Waals surface area (Å²) in [6.45, 7) is 11.9. The van der Waals surface area contributed by atoms with Crippen molar-refractivity contribution in [3.05, 3.63) is 42.0 Å². The lowest BCUT2D eigenvalue weighted by molar-refractivity contribution is -0.154. The summed E-state index contributed by atoms with van der Waals surface area (Å²) in [5, 5.41) is 2.46. The fraction of sp³-hybridized carbons (Fsp3) is 0.607. The fourth-order valence-electron chi connectivity index (χ4n) is 5.25. The van der Waals surface area contributed by atoms with Crippen LogP contribution in [0.4, 0.5) is 0 Å². The molecule has 4 rings (SSSR count). The number of carbonyl (C=O) groups is 1. The van der Waals surface area contributed by atoms with Crippen molar-refractivity contribution in [1.29, 1.82) is 0 Å². The number of ether oxygens (including phenoxy) is 2. The lowest BCUT2D eigenvalue weighted by atomic mass is 9.69. The molecule has 1 saturated carbocycles. The van der Waals surface area contributed by atoms with Gasteiger partial charge in [-0.25, -0.2) is 0 Å². The first kappa shape index (κ1) is 23.1. The number of hydrogen-bond acceptors (Lipinski definition) is 4. The molecule has 0 N–H and O–H groups in total. The highest BCUT2D eigenvalue weighted by Gasteiger charge is 2.34. The molecule has 0 spiro atoms. The van der Waals surface area contributed by atoms with Crippen molar-refractivity contribution in [3.63, 3.8) is 0 Å². The van der Waals surface area contributed by atoms with Crippen LogP contribution >= 0.6 is 0 Å². The van der Waals surface area contributed by atoms with E-state index >= 15 is 0 Å². The predicted molar refractivity (Wildman–Crippen MR) is 130 cm³/mol. The minimum absolute atomic E-state index is 0.0400. The maximum atomic E-state index is 11.8. The van der Waals surface area contributed by atoms with Crippen molar-refractivity contribution >= 4 is 16.7 Å². The van der Waals surface area contributed by atoms with E-state index in [-0.39, 0.29) is 11.9 Å². The molecule has 32 heavy (non-hydrogen) atoms. The Balaban J connectivity index is 1.30. The van der Waals surface area contributed by atoms with Gasteiger partial charge in [0.15, 0.2) is 0 Å². The zero-order chi connectivity index (χ0) is 22.7. The zero-order valence-electron chi connectivity index (χ0n) is 20.2. The average Bonchev–Trinajstić information content (AvgIpc) is 2.76. The van der Waals surface area contributed by atoms with Crippen LogP contribution in [0.15, 0.2) is 36.4 Å². The molecular formula is C28H39NO3. The summed E-state index contributed by atoms with van der Waals surface area (Å²) < 4.78 is 11.5. The van der Waals surface area contributed by atoms with Crippen molar-refractivity contribution in [2.45, 2.75) is 72.4 Å². The summed E-state index contributed by atoms with van der Waals surface area (Å²) in [6, 6.07) is 13.1. The van der Waals surface area contributed by atoms with Gasteiger partial charge in [-0.3, -0.25) is 9.69 Å². The van der Waals surface area contributed by atoms with E-state index in [4.69, 9.17) is 9.47 Å². The molecule has 2 fully saturated rings. The molecule has 1 saturated heterocycles. The van der Waals surface area contributed by atoms with E-state index in [1.54, 1.807) is 0 Å². The van der Waals surface area contributed by atoms with E-state index in [1.165, 1.54) is 35.6 Å². The monoisotopic (exact) mass is 437 g/mol. The largest absolute Gasteiger partial charge is 0.490 e. The third-order valence-electron chi connectivity index (χ3n) is 7.85. The molecule has 1 heterocycles. The van der Waals surface area contributed by atoms with Crippen molar-refractivity contribution < 1.29 is 14.3 Å². The van der Waals surface area contributed by atoms with Crippen LogP contribution in [0.2, 0.25) is 0 Å². The smallest absolute Gasteiger partial charge is 0.311 e. The van der Waals surface area contributed by atoms with Gasteiger partial charge in [-0.15, -0.1) is 0 Å². The first-order valence-corrected chi connectivity index (χ1v) is 12.5. The van der Waals surface area contributed by atoms with Crippen LogP contribution in [0.25, 0.3) is 10.8 Å². The van der Waals surface area contributed by atoms with Gasteiger partial charge in [0.2, 0.25) is 0 Å². The van der Waals surface area contributed by atoms with Crippen LogP contribution in [0.5, 0.6) is 5.75 Å². The Hall–Kier alpha value is -2.07. The number of rotatable bonds is 8. The van der Waals surface area contributed by atoms with Gasteiger partial charge in [0.25, 0.3) is 0 Å². The molecule has 1 aliphatic heterocycles. The highest BCUT2D eigenvalue weighted by Crippen LogP contribution is 2.41. The molecule has 4 heteroatoms. The van der Waals surface area contributed by atoms with E-state index < -0.39 is 0 Å². The van der Waals surface area contributed by atoms with Crippen molar-refractivity contribution in [1.82, 2.24) is 4.90 Å². The summed E-state index contributed by atoms with van der Waals surface area (Å²) in [4.78, 5) is 14.1. The van der Waals surface area contributed by atoms with Crippen LogP contribution in [-0.4, -0.2) is 36.7 Å². The number of hydrogen-bond donors (Lipinski definition) is 0. The number of benzene rings is 2. The molecule has 0 bridgehead atoms. The highest BCUT2D eigenvalue weighted by atomic mass is 16.5. The lowest BCUT2D eigenvalue weighted by Crippen LogP contribution is -2.50. The van der Waals surface area contributed by atoms with E-state index in [0.29, 0.717) is 18.1 Å². The van der Waals surface area contributed by atoms with Gasteiger partial charge in [-0.05, 0) is 78.5 Å². The van der Waals surface area contributed by atoms with Crippen molar-refractivity contribution in [2.75, 3.05) is 19.7 Å². The molecule has 2 aromatic carbocycles. The molecule has 0 amide bonds. The zero-order valence-corrected chi connectivity index (χ0v) is 20.2. The van der Waals surface area contributed by atoms with Crippen LogP contribution in [0.3, 0.4) is 0 Å². The predicted octanol–water partition coefficient (Wildman–Crippen LogP) is 6.21. The Labute approximate surface area is 193 Å². The van der Waals surface area contributed by atoms with Gasteiger partial charge < -0.3 is 9.47 Å². The fourth-order valence-corrected chi connectivity index (χ4v) is 5.25. The van der Waals surface area contributed by atoms with Gasteiger partial charge in [-0.2, -0.15) is 0 Å². The minimum Gasteiger partial charge on any atom is -0.490 e. The lowest BCUT2D eigenvalue weighted by Gasteiger charge is -2.38. The second kappa shape index (κ2) is 9.82. The summed E-state index contributed by atoms with van der Waals surface area (Å²) in [5.74, 6) is 1.79. The SMILES string of the molecule is CCOC(=O)C1CN(Cc2ccc3cc(OC4CCC(C(C)(C)CC)CC4)ccc3c2)C1. The second-order valence-corrected chi connectivity index (χ2v) is 10.4. The van der Waals surface area contributed by atoms with Gasteiger partial charge in [-0.1, -0.05) is 45.4 Å². The Bertz CT molecular complexity index is 923. The van der Waals surface area contributed by atoms with Crippen molar-refractivity contribution in [2.24, 2.45) is 17.3 Å². The molecule has 2 aromatic rings. The van der Waals surface area contributed by atoms with Crippen LogP contribution in [-0.2, 0) is 16.1 Å². The summed E-state index contributed by atoms with van der Waals surface area (Å²) in [6.07, 6.45) is 6.46. The molecule has 0 aromatic heterocycles. The Morgan fingerprint density at radius 2 is 1.69 bits per heavy atom. The first-order chi connectivity index (χ1) is 15.4. The number of carbonyl (C=O) groups excluding carboxylic acids is 1. The first-order valence-electron chi connectivity index (χ1n) is 12.5. The molecular weight excluding hydrogens is 398 g/mol. The van der Waals surface area contributed by atoms with Crippen LogP contribution < -0.4 is 4.74 Å². The minimum atomic E-state index is -0.0580. The standard InChI is InChI=1S/C28H39NO3/c1-5-28(3,4)24-10-13-25(14-11-24)32-26-12-9-21-15-20(7-8-22(21)16-26)17-29-18-23(19-29)27(30)31-6-2/h7-9,12,15-16,23-25H,5-6,10-11,13-14,17-19H2,1-4H3. The third-order valence-corrected chi connectivity index (χ3v) is 7.85. The maximum absolute atomic E-state index is 11.8. The van der Waals surface area contributed by atoms with E-state index in [0.717, 1.165) is 44.1 Å². The normalized spacial score (nSPS) is 22.5. The molecule has 4 nitrogen and oxygen atoms in total. The second-order valence-electron chi connectivity index (χ2n) is 10.4. The molecule has 174 valence electrons. The Morgan fingerprint density at radius 1 is 1.00 bits per heavy atom. The number of likely N-dealkylation sites (tertiary alicyclic amines) is 1. The van der Waals surface area contributed by atoms with Crippen LogP contribution in [0.1, 0.15) is 65.4 Å². The van der Waals surface area contributed by atoms with Crippen molar-refractivity contribution in [3.8, 4) is 5.75 Å². The molecule has 2 aliphatic rings. The van der Waals surface area contributed by atoms with E-state index in [2.05, 4.69) is 62.1 Å². The Kier molecular flexibility index (Phi) is 7.09. The molecule has 0 radical (unpaired) electrons. The number of nitrogens with zero attached hydrogens (tertiary/aromatic N) is 1. The quantitative estimate of drug-likeness (QED) is 0.460. The van der Waals surface area contributed by atoms with Gasteiger partial charge in [0.1, 0.15) is 5.75 Å². The van der Waals surface area contributed by atoms with E-state index in [9.17, 15) is 4.79 Å². The molecule has 0 atom stereocenters. The van der Waals surface area contributed by atoms with Gasteiger partial charge >= 0.3 is 5.97 Å². The number of esters is 1. The number of fused-ring (bicyclic) bond motifs is 1. The summed E-state index contributed by atoms with van der Waals surface area (Å²) >= 11 is 0. The maximum Gasteiger partial charge on any atom is 0.311 e. The molecule has 1 aliphatic carbocycles. The molecule has 0 unspecified atom stereocenters. The van der Waals surface area contributed by atoms with E-state index in [1.807, 2.05) is 6.92 Å².